The molecule has 2 aliphatic heterocycles. The summed E-state index contributed by atoms with van der Waals surface area (Å²) in [6.07, 6.45) is 1.16. The summed E-state index contributed by atoms with van der Waals surface area (Å²) in [5.41, 5.74) is 0.988. The summed E-state index contributed by atoms with van der Waals surface area (Å²) in [4.78, 5) is 13.6. The fraction of sp³-hybridized carbons (Fsp3) is 0.562. The van der Waals surface area contributed by atoms with Crippen LogP contribution in [-0.2, 0) is 4.79 Å². The van der Waals surface area contributed by atoms with Gasteiger partial charge in [-0.05, 0) is 25.1 Å². The minimum absolute atomic E-state index is 0.0549. The summed E-state index contributed by atoms with van der Waals surface area (Å²) >= 11 is 0. The minimum Gasteiger partial charge on any atom is -0.493 e. The topological polar surface area (TPSA) is 62.8 Å². The second kappa shape index (κ2) is 6.87. The molecule has 2 saturated heterocycles. The second-order valence-electron chi connectivity index (χ2n) is 5.78. The van der Waals surface area contributed by atoms with Crippen molar-refractivity contribution >= 4 is 11.6 Å². The van der Waals surface area contributed by atoms with E-state index in [1.807, 2.05) is 23.1 Å². The Morgan fingerprint density at radius 3 is 2.95 bits per heavy atom. The highest BCUT2D eigenvalue weighted by atomic mass is 16.5. The zero-order chi connectivity index (χ0) is 15.4. The van der Waals surface area contributed by atoms with Gasteiger partial charge in [0, 0.05) is 37.3 Å². The van der Waals surface area contributed by atoms with E-state index in [9.17, 15) is 4.79 Å². The molecular formula is C16H23N3O3. The van der Waals surface area contributed by atoms with Crippen LogP contribution in [0.3, 0.4) is 0 Å². The van der Waals surface area contributed by atoms with Gasteiger partial charge in [-0.15, -0.1) is 0 Å². The van der Waals surface area contributed by atoms with E-state index in [0.717, 1.165) is 43.2 Å². The summed E-state index contributed by atoms with van der Waals surface area (Å²) in [6, 6.07) is 5.87. The highest BCUT2D eigenvalue weighted by molar-refractivity contribution is 5.82. The molecule has 1 atom stereocenters. The van der Waals surface area contributed by atoms with Crippen molar-refractivity contribution in [2.45, 2.75) is 6.42 Å². The van der Waals surface area contributed by atoms with Crippen molar-refractivity contribution in [1.82, 2.24) is 10.6 Å². The van der Waals surface area contributed by atoms with Crippen molar-refractivity contribution in [3.05, 3.63) is 18.2 Å². The smallest absolute Gasteiger partial charge is 0.239 e. The van der Waals surface area contributed by atoms with Gasteiger partial charge < -0.3 is 25.0 Å². The fourth-order valence-electron chi connectivity index (χ4n) is 2.90. The Hall–Kier alpha value is -1.95. The average Bonchev–Trinajstić information content (AvgIpc) is 3.06. The molecule has 0 saturated carbocycles. The number of ether oxygens (including phenoxy) is 2. The largest absolute Gasteiger partial charge is 0.493 e. The molecule has 2 N–H and O–H groups in total. The number of hydrogen-bond acceptors (Lipinski definition) is 5. The highest BCUT2D eigenvalue weighted by Gasteiger charge is 2.19. The molecule has 0 spiro atoms. The molecule has 1 aromatic rings. The van der Waals surface area contributed by atoms with E-state index >= 15 is 0 Å². The monoisotopic (exact) mass is 305 g/mol. The van der Waals surface area contributed by atoms with Crippen molar-refractivity contribution in [3.63, 3.8) is 0 Å². The van der Waals surface area contributed by atoms with Crippen LogP contribution in [0.1, 0.15) is 6.42 Å². The molecule has 1 aromatic carbocycles. The van der Waals surface area contributed by atoms with Gasteiger partial charge >= 0.3 is 0 Å². The minimum atomic E-state index is 0.0549. The zero-order valence-electron chi connectivity index (χ0n) is 12.9. The van der Waals surface area contributed by atoms with E-state index in [1.54, 1.807) is 7.11 Å². The molecule has 1 amide bonds. The molecule has 120 valence electrons. The summed E-state index contributed by atoms with van der Waals surface area (Å²) < 4.78 is 11.4. The maximum absolute atomic E-state index is 11.5. The number of methoxy groups -OCH3 is 1. The van der Waals surface area contributed by atoms with Crippen LogP contribution in [0.25, 0.3) is 0 Å². The molecule has 3 rings (SSSR count). The second-order valence-corrected chi connectivity index (χ2v) is 5.78. The summed E-state index contributed by atoms with van der Waals surface area (Å²) in [5, 5.41) is 6.17. The lowest BCUT2D eigenvalue weighted by Crippen LogP contribution is -2.47. The van der Waals surface area contributed by atoms with E-state index in [2.05, 4.69) is 10.6 Å². The molecule has 1 unspecified atom stereocenters. The molecular weight excluding hydrogens is 282 g/mol. The lowest BCUT2D eigenvalue weighted by atomic mass is 10.1. The Labute approximate surface area is 130 Å². The third-order valence-electron chi connectivity index (χ3n) is 4.19. The van der Waals surface area contributed by atoms with Crippen LogP contribution in [0.5, 0.6) is 11.5 Å². The summed E-state index contributed by atoms with van der Waals surface area (Å²) in [5.74, 6) is 2.10. The van der Waals surface area contributed by atoms with Crippen LogP contribution in [0.2, 0.25) is 0 Å². The van der Waals surface area contributed by atoms with Gasteiger partial charge in [0.25, 0.3) is 0 Å². The van der Waals surface area contributed by atoms with Gasteiger partial charge in [0.05, 0.1) is 20.3 Å². The molecule has 0 radical (unpaired) electrons. The molecule has 6 nitrogen and oxygen atoms in total. The van der Waals surface area contributed by atoms with Crippen LogP contribution in [0.15, 0.2) is 18.2 Å². The standard InChI is InChI=1S/C16H23N3O3/c1-21-15-8-13(19-7-6-18-16(20)10-19)2-3-14(15)22-11-12-4-5-17-9-12/h2-3,8,12,17H,4-7,9-11H2,1H3,(H,18,20). The van der Waals surface area contributed by atoms with E-state index in [1.165, 1.54) is 0 Å². The van der Waals surface area contributed by atoms with Crippen molar-refractivity contribution in [3.8, 4) is 11.5 Å². The Morgan fingerprint density at radius 1 is 1.32 bits per heavy atom. The van der Waals surface area contributed by atoms with Crippen molar-refractivity contribution in [2.24, 2.45) is 5.92 Å². The Kier molecular flexibility index (Phi) is 4.68. The highest BCUT2D eigenvalue weighted by Crippen LogP contribution is 2.32. The summed E-state index contributed by atoms with van der Waals surface area (Å²) in [7, 11) is 1.64. The normalized spacial score (nSPS) is 21.6. The lowest BCUT2D eigenvalue weighted by molar-refractivity contribution is -0.120. The third-order valence-corrected chi connectivity index (χ3v) is 4.19. The molecule has 6 heteroatoms. The van der Waals surface area contributed by atoms with Gasteiger partial charge in [-0.25, -0.2) is 0 Å². The molecule has 2 fully saturated rings. The van der Waals surface area contributed by atoms with Gasteiger partial charge in [0.1, 0.15) is 0 Å². The quantitative estimate of drug-likeness (QED) is 0.835. The van der Waals surface area contributed by atoms with Gasteiger partial charge in [0.2, 0.25) is 5.91 Å². The maximum Gasteiger partial charge on any atom is 0.239 e. The van der Waals surface area contributed by atoms with Gasteiger partial charge in [-0.1, -0.05) is 0 Å². The first kappa shape index (κ1) is 15.0. The number of anilines is 1. The fourth-order valence-corrected chi connectivity index (χ4v) is 2.90. The first-order valence-electron chi connectivity index (χ1n) is 7.79. The number of carbonyl (C=O) groups excluding carboxylic acids is 1. The first-order valence-corrected chi connectivity index (χ1v) is 7.79. The number of piperazine rings is 1. The molecule has 22 heavy (non-hydrogen) atoms. The Bertz CT molecular complexity index is 529. The predicted octanol–water partition coefficient (Wildman–Crippen LogP) is 0.620. The molecule has 0 aliphatic carbocycles. The number of nitrogens with one attached hydrogen (secondary N) is 2. The van der Waals surface area contributed by atoms with Crippen LogP contribution < -0.4 is 25.0 Å². The average molecular weight is 305 g/mol. The first-order chi connectivity index (χ1) is 10.8. The molecule has 2 heterocycles. The number of rotatable bonds is 5. The van der Waals surface area contributed by atoms with E-state index in [4.69, 9.17) is 9.47 Å². The number of benzene rings is 1. The van der Waals surface area contributed by atoms with E-state index in [-0.39, 0.29) is 5.91 Å². The third kappa shape index (κ3) is 3.44. The van der Waals surface area contributed by atoms with Gasteiger partial charge in [0.15, 0.2) is 11.5 Å². The summed E-state index contributed by atoms with van der Waals surface area (Å²) in [6.45, 7) is 4.66. The van der Waals surface area contributed by atoms with E-state index in [0.29, 0.717) is 25.6 Å². The van der Waals surface area contributed by atoms with Gasteiger partial charge in [-0.2, -0.15) is 0 Å². The van der Waals surface area contributed by atoms with Crippen molar-refractivity contribution in [2.75, 3.05) is 51.3 Å². The van der Waals surface area contributed by atoms with E-state index < -0.39 is 0 Å². The molecule has 0 bridgehead atoms. The number of carbonyl (C=O) groups is 1. The maximum atomic E-state index is 11.5. The van der Waals surface area contributed by atoms with Crippen LogP contribution >= 0.6 is 0 Å². The molecule has 2 aliphatic rings. The number of amides is 1. The SMILES string of the molecule is COc1cc(N2CCNC(=O)C2)ccc1OCC1CCNC1. The van der Waals surface area contributed by atoms with Gasteiger partial charge in [-0.3, -0.25) is 4.79 Å². The van der Waals surface area contributed by atoms with Crippen molar-refractivity contribution < 1.29 is 14.3 Å². The van der Waals surface area contributed by atoms with Crippen LogP contribution in [0, 0.1) is 5.92 Å². The predicted molar refractivity (Wildman–Crippen MR) is 84.7 cm³/mol. The molecule has 0 aromatic heterocycles. The number of hydrogen-bond donors (Lipinski definition) is 2. The van der Waals surface area contributed by atoms with Crippen LogP contribution in [-0.4, -0.2) is 52.3 Å². The Morgan fingerprint density at radius 2 is 2.23 bits per heavy atom. The Balaban J connectivity index is 1.68. The zero-order valence-corrected chi connectivity index (χ0v) is 12.9. The van der Waals surface area contributed by atoms with Crippen molar-refractivity contribution in [1.29, 1.82) is 0 Å². The lowest BCUT2D eigenvalue weighted by Gasteiger charge is -2.29. The van der Waals surface area contributed by atoms with Crippen LogP contribution in [0.4, 0.5) is 5.69 Å². The number of nitrogens with zero attached hydrogens (tertiary/aromatic N) is 1.